The second kappa shape index (κ2) is 4.59. The molecule has 2 N–H and O–H groups in total. The van der Waals surface area contributed by atoms with E-state index in [4.69, 9.17) is 14.7 Å². The highest BCUT2D eigenvalue weighted by atomic mass is 79.9. The lowest BCUT2D eigenvalue weighted by Crippen LogP contribution is -1.89. The molecule has 96 valence electrons. The van der Waals surface area contributed by atoms with E-state index in [1.54, 1.807) is 6.26 Å². The molecule has 0 aliphatic carbocycles. The van der Waals surface area contributed by atoms with Gasteiger partial charge in [-0.05, 0) is 40.0 Å². The molecule has 0 radical (unpaired) electrons. The first-order valence-electron chi connectivity index (χ1n) is 5.73. The van der Waals surface area contributed by atoms with Crippen molar-refractivity contribution in [3.8, 4) is 22.4 Å². The van der Waals surface area contributed by atoms with Crippen molar-refractivity contribution in [3.63, 3.8) is 0 Å². The summed E-state index contributed by atoms with van der Waals surface area (Å²) < 4.78 is 11.0. The van der Waals surface area contributed by atoms with Crippen LogP contribution in [0.5, 0.6) is 0 Å². The Kier molecular flexibility index (Phi) is 2.91. The van der Waals surface area contributed by atoms with Gasteiger partial charge >= 0.3 is 0 Å². The molecule has 0 fully saturated rings. The maximum atomic E-state index is 5.92. The van der Waals surface area contributed by atoms with Crippen molar-refractivity contribution in [3.05, 3.63) is 46.8 Å². The number of nitrogens with zero attached hydrogens (tertiary/aromatic N) is 1. The van der Waals surface area contributed by atoms with E-state index >= 15 is 0 Å². The van der Waals surface area contributed by atoms with Gasteiger partial charge in [0.05, 0.1) is 17.4 Å². The van der Waals surface area contributed by atoms with Crippen LogP contribution in [0.25, 0.3) is 22.4 Å². The van der Waals surface area contributed by atoms with Crippen LogP contribution in [0.1, 0.15) is 5.56 Å². The van der Waals surface area contributed by atoms with Gasteiger partial charge in [0.15, 0.2) is 4.67 Å². The van der Waals surface area contributed by atoms with E-state index in [0.717, 1.165) is 22.3 Å². The number of aryl methyl sites for hydroxylation is 1. The third kappa shape index (κ3) is 1.96. The van der Waals surface area contributed by atoms with Crippen molar-refractivity contribution in [1.82, 2.24) is 5.16 Å². The van der Waals surface area contributed by atoms with E-state index in [1.165, 1.54) is 0 Å². The minimum atomic E-state index is 0.303. The van der Waals surface area contributed by atoms with Crippen LogP contribution in [0.3, 0.4) is 0 Å². The average molecular weight is 319 g/mol. The van der Waals surface area contributed by atoms with E-state index in [0.29, 0.717) is 16.2 Å². The largest absolute Gasteiger partial charge is 0.457 e. The summed E-state index contributed by atoms with van der Waals surface area (Å²) in [6.45, 7) is 2.02. The SMILES string of the molecule is Cc1ccccc1-c1c(-c2ccoc2Br)noc1N. The first kappa shape index (κ1) is 12.0. The van der Waals surface area contributed by atoms with Crippen LogP contribution in [-0.4, -0.2) is 5.16 Å². The maximum Gasteiger partial charge on any atom is 0.230 e. The summed E-state index contributed by atoms with van der Waals surface area (Å²) in [7, 11) is 0. The van der Waals surface area contributed by atoms with Crippen molar-refractivity contribution in [2.24, 2.45) is 0 Å². The topological polar surface area (TPSA) is 65.2 Å². The van der Waals surface area contributed by atoms with E-state index in [-0.39, 0.29) is 0 Å². The van der Waals surface area contributed by atoms with Crippen molar-refractivity contribution in [2.75, 3.05) is 5.73 Å². The average Bonchev–Trinajstić information content (AvgIpc) is 2.96. The first-order valence-corrected chi connectivity index (χ1v) is 6.52. The fourth-order valence-electron chi connectivity index (χ4n) is 2.06. The molecule has 0 spiro atoms. The fourth-order valence-corrected chi connectivity index (χ4v) is 2.49. The molecule has 2 aromatic heterocycles. The zero-order valence-electron chi connectivity index (χ0n) is 10.2. The van der Waals surface area contributed by atoms with E-state index < -0.39 is 0 Å². The lowest BCUT2D eigenvalue weighted by Gasteiger charge is -2.05. The van der Waals surface area contributed by atoms with Gasteiger partial charge in [0, 0.05) is 0 Å². The number of rotatable bonds is 2. The van der Waals surface area contributed by atoms with E-state index in [9.17, 15) is 0 Å². The molecule has 0 aliphatic heterocycles. The fraction of sp³-hybridized carbons (Fsp3) is 0.0714. The maximum absolute atomic E-state index is 5.92. The molecule has 0 saturated heterocycles. The van der Waals surface area contributed by atoms with Crippen molar-refractivity contribution in [2.45, 2.75) is 6.92 Å². The summed E-state index contributed by atoms with van der Waals surface area (Å²) in [5.74, 6) is 0.303. The summed E-state index contributed by atoms with van der Waals surface area (Å²) in [4.78, 5) is 0. The summed E-state index contributed by atoms with van der Waals surface area (Å²) >= 11 is 3.35. The number of benzene rings is 1. The second-order valence-corrected chi connectivity index (χ2v) is 4.91. The molecular formula is C14H11BrN2O2. The number of anilines is 1. The normalized spacial score (nSPS) is 10.8. The summed E-state index contributed by atoms with van der Waals surface area (Å²) in [6.07, 6.45) is 1.59. The molecule has 1 aromatic carbocycles. The van der Waals surface area contributed by atoms with Crippen LogP contribution in [0.15, 0.2) is 50.2 Å². The monoisotopic (exact) mass is 318 g/mol. The van der Waals surface area contributed by atoms with Crippen molar-refractivity contribution in [1.29, 1.82) is 0 Å². The third-order valence-electron chi connectivity index (χ3n) is 3.01. The Morgan fingerprint density at radius 1 is 1.16 bits per heavy atom. The van der Waals surface area contributed by atoms with Gasteiger partial charge in [-0.2, -0.15) is 0 Å². The predicted octanol–water partition coefficient (Wildman–Crippen LogP) is 4.25. The van der Waals surface area contributed by atoms with Crippen LogP contribution in [0.2, 0.25) is 0 Å². The number of hydrogen-bond acceptors (Lipinski definition) is 4. The van der Waals surface area contributed by atoms with Crippen LogP contribution in [0.4, 0.5) is 5.88 Å². The molecule has 0 aliphatic rings. The molecule has 3 rings (SSSR count). The number of halogens is 1. The summed E-state index contributed by atoms with van der Waals surface area (Å²) in [6, 6.07) is 9.79. The van der Waals surface area contributed by atoms with Crippen LogP contribution in [0, 0.1) is 6.92 Å². The van der Waals surface area contributed by atoms with Gasteiger partial charge in [0.1, 0.15) is 5.69 Å². The Balaban J connectivity index is 2.26. The van der Waals surface area contributed by atoms with E-state index in [2.05, 4.69) is 21.1 Å². The quantitative estimate of drug-likeness (QED) is 0.766. The van der Waals surface area contributed by atoms with Gasteiger partial charge in [0.2, 0.25) is 5.88 Å². The zero-order chi connectivity index (χ0) is 13.4. The Hall–Kier alpha value is -2.01. The Labute approximate surface area is 118 Å². The minimum absolute atomic E-state index is 0.303. The van der Waals surface area contributed by atoms with Gasteiger partial charge in [-0.3, -0.25) is 0 Å². The first-order chi connectivity index (χ1) is 9.18. The molecule has 0 bridgehead atoms. The van der Waals surface area contributed by atoms with Gasteiger partial charge in [0.25, 0.3) is 0 Å². The number of aromatic nitrogens is 1. The van der Waals surface area contributed by atoms with Gasteiger partial charge in [-0.1, -0.05) is 29.4 Å². The van der Waals surface area contributed by atoms with E-state index in [1.807, 2.05) is 37.3 Å². The predicted molar refractivity (Wildman–Crippen MR) is 76.5 cm³/mol. The van der Waals surface area contributed by atoms with Gasteiger partial charge in [-0.25, -0.2) is 0 Å². The highest BCUT2D eigenvalue weighted by Crippen LogP contribution is 2.40. The molecule has 5 heteroatoms. The lowest BCUT2D eigenvalue weighted by molar-refractivity contribution is 0.439. The number of nitrogens with two attached hydrogens (primary N) is 1. The zero-order valence-corrected chi connectivity index (χ0v) is 11.8. The summed E-state index contributed by atoms with van der Waals surface area (Å²) in [5, 5.41) is 4.05. The molecule has 3 aromatic rings. The number of nitrogen functional groups attached to an aromatic ring is 1. The molecule has 0 unspecified atom stereocenters. The minimum Gasteiger partial charge on any atom is -0.457 e. The standard InChI is InChI=1S/C14H11BrN2O2/c1-8-4-2-3-5-9(8)11-12(17-19-14(11)16)10-6-7-18-13(10)15/h2-7H,16H2,1H3. The highest BCUT2D eigenvalue weighted by Gasteiger charge is 2.21. The lowest BCUT2D eigenvalue weighted by atomic mass is 9.98. The molecule has 4 nitrogen and oxygen atoms in total. The Morgan fingerprint density at radius 3 is 2.63 bits per heavy atom. The molecule has 19 heavy (non-hydrogen) atoms. The van der Waals surface area contributed by atoms with Crippen LogP contribution >= 0.6 is 15.9 Å². The smallest absolute Gasteiger partial charge is 0.230 e. The number of furan rings is 1. The molecule has 0 saturated carbocycles. The molecular weight excluding hydrogens is 308 g/mol. The highest BCUT2D eigenvalue weighted by molar-refractivity contribution is 9.10. The van der Waals surface area contributed by atoms with Gasteiger partial charge in [-0.15, -0.1) is 0 Å². The van der Waals surface area contributed by atoms with Crippen molar-refractivity contribution < 1.29 is 8.94 Å². The number of hydrogen-bond donors (Lipinski definition) is 1. The second-order valence-electron chi connectivity index (χ2n) is 4.19. The molecule has 0 amide bonds. The molecule has 0 atom stereocenters. The van der Waals surface area contributed by atoms with Gasteiger partial charge < -0.3 is 14.7 Å². The van der Waals surface area contributed by atoms with Crippen LogP contribution < -0.4 is 5.73 Å². The van der Waals surface area contributed by atoms with Crippen LogP contribution in [-0.2, 0) is 0 Å². The third-order valence-corrected chi connectivity index (χ3v) is 3.62. The van der Waals surface area contributed by atoms with Crippen molar-refractivity contribution >= 4 is 21.8 Å². The Bertz CT molecular complexity index is 731. The summed E-state index contributed by atoms with van der Waals surface area (Å²) in [5.41, 5.74) is 10.3. The Morgan fingerprint density at radius 2 is 1.95 bits per heavy atom. The molecule has 2 heterocycles.